The van der Waals surface area contributed by atoms with Crippen LogP contribution in [0.4, 0.5) is 0 Å². The van der Waals surface area contributed by atoms with Gasteiger partial charge in [-0.05, 0) is 6.92 Å². The van der Waals surface area contributed by atoms with E-state index in [0.29, 0.717) is 17.9 Å². The van der Waals surface area contributed by atoms with Crippen molar-refractivity contribution in [1.82, 2.24) is 0 Å². The van der Waals surface area contributed by atoms with Gasteiger partial charge in [-0.25, -0.2) is 0 Å². The van der Waals surface area contributed by atoms with Crippen LogP contribution in [0.25, 0.3) is 0 Å². The second-order valence-corrected chi connectivity index (χ2v) is 4.61. The molecule has 0 aliphatic carbocycles. The van der Waals surface area contributed by atoms with Crippen molar-refractivity contribution in [3.8, 4) is 0 Å². The van der Waals surface area contributed by atoms with Gasteiger partial charge in [-0.1, -0.05) is 49.0 Å². The molecule has 0 heterocycles. The third-order valence-corrected chi connectivity index (χ3v) is 3.33. The quantitative estimate of drug-likeness (QED) is 0.756. The SMILES string of the molecule is CCOC(=O)C(C)CSC(=O)c1ccccc1. The van der Waals surface area contributed by atoms with Crippen LogP contribution in [0.5, 0.6) is 0 Å². The minimum atomic E-state index is -0.257. The molecule has 4 heteroatoms. The topological polar surface area (TPSA) is 43.4 Å². The molecule has 0 aliphatic heterocycles. The summed E-state index contributed by atoms with van der Waals surface area (Å²) < 4.78 is 4.88. The first-order valence-electron chi connectivity index (χ1n) is 5.54. The van der Waals surface area contributed by atoms with Gasteiger partial charge in [0.15, 0.2) is 0 Å². The Morgan fingerprint density at radius 1 is 1.29 bits per heavy atom. The van der Waals surface area contributed by atoms with Crippen molar-refractivity contribution in [3.63, 3.8) is 0 Å². The van der Waals surface area contributed by atoms with Crippen LogP contribution in [0.2, 0.25) is 0 Å². The van der Waals surface area contributed by atoms with E-state index in [2.05, 4.69) is 0 Å². The third kappa shape index (κ3) is 4.61. The highest BCUT2D eigenvalue weighted by Crippen LogP contribution is 2.16. The van der Waals surface area contributed by atoms with E-state index in [1.54, 1.807) is 26.0 Å². The first-order chi connectivity index (χ1) is 8.15. The zero-order chi connectivity index (χ0) is 12.7. The van der Waals surface area contributed by atoms with Crippen LogP contribution in [0.3, 0.4) is 0 Å². The summed E-state index contributed by atoms with van der Waals surface area (Å²) in [6.45, 7) is 3.91. The van der Waals surface area contributed by atoms with Gasteiger partial charge in [0.2, 0.25) is 5.12 Å². The fraction of sp³-hybridized carbons (Fsp3) is 0.385. The number of hydrogen-bond donors (Lipinski definition) is 0. The lowest BCUT2D eigenvalue weighted by molar-refractivity contribution is -0.146. The lowest BCUT2D eigenvalue weighted by Gasteiger charge is -2.09. The van der Waals surface area contributed by atoms with Gasteiger partial charge in [0.1, 0.15) is 0 Å². The molecule has 3 nitrogen and oxygen atoms in total. The second-order valence-electron chi connectivity index (χ2n) is 3.62. The Morgan fingerprint density at radius 3 is 2.53 bits per heavy atom. The van der Waals surface area contributed by atoms with Crippen LogP contribution in [0.15, 0.2) is 30.3 Å². The molecule has 0 amide bonds. The van der Waals surface area contributed by atoms with E-state index in [1.807, 2.05) is 18.2 Å². The molecule has 1 atom stereocenters. The molecule has 1 unspecified atom stereocenters. The molecule has 17 heavy (non-hydrogen) atoms. The molecule has 0 spiro atoms. The van der Waals surface area contributed by atoms with Crippen LogP contribution in [-0.2, 0) is 9.53 Å². The molecular weight excluding hydrogens is 236 g/mol. The highest BCUT2D eigenvalue weighted by molar-refractivity contribution is 8.14. The molecule has 0 aromatic heterocycles. The zero-order valence-corrected chi connectivity index (χ0v) is 10.8. The summed E-state index contributed by atoms with van der Waals surface area (Å²) in [6, 6.07) is 9.04. The molecule has 1 aromatic carbocycles. The van der Waals surface area contributed by atoms with E-state index in [1.165, 1.54) is 0 Å². The molecule has 92 valence electrons. The molecule has 1 aromatic rings. The van der Waals surface area contributed by atoms with Gasteiger partial charge >= 0.3 is 5.97 Å². The number of ether oxygens (including phenoxy) is 1. The predicted molar refractivity (Wildman–Crippen MR) is 69.0 cm³/mol. The first-order valence-corrected chi connectivity index (χ1v) is 6.52. The van der Waals surface area contributed by atoms with Crippen LogP contribution in [-0.4, -0.2) is 23.4 Å². The van der Waals surface area contributed by atoms with Gasteiger partial charge in [0.05, 0.1) is 12.5 Å². The van der Waals surface area contributed by atoms with E-state index >= 15 is 0 Å². The Hall–Kier alpha value is -1.29. The normalized spacial score (nSPS) is 11.9. The summed E-state index contributed by atoms with van der Waals surface area (Å²) in [6.07, 6.45) is 0. The number of hydrogen-bond acceptors (Lipinski definition) is 4. The summed E-state index contributed by atoms with van der Waals surface area (Å²) in [5.74, 6) is -0.0551. The largest absolute Gasteiger partial charge is 0.466 e. The van der Waals surface area contributed by atoms with Crippen molar-refractivity contribution in [1.29, 1.82) is 0 Å². The Morgan fingerprint density at radius 2 is 1.94 bits per heavy atom. The zero-order valence-electron chi connectivity index (χ0n) is 10.0. The maximum Gasteiger partial charge on any atom is 0.309 e. The minimum absolute atomic E-state index is 0.0123. The van der Waals surface area contributed by atoms with Crippen molar-refractivity contribution in [2.24, 2.45) is 5.92 Å². The Bertz CT molecular complexity index is 376. The molecule has 0 aliphatic rings. The number of thioether (sulfide) groups is 1. The van der Waals surface area contributed by atoms with Gasteiger partial charge < -0.3 is 4.74 Å². The van der Waals surface area contributed by atoms with E-state index in [-0.39, 0.29) is 17.0 Å². The van der Waals surface area contributed by atoms with E-state index in [4.69, 9.17) is 4.74 Å². The van der Waals surface area contributed by atoms with Gasteiger partial charge in [0, 0.05) is 11.3 Å². The average molecular weight is 252 g/mol. The van der Waals surface area contributed by atoms with E-state index in [0.717, 1.165) is 11.8 Å². The third-order valence-electron chi connectivity index (χ3n) is 2.16. The van der Waals surface area contributed by atoms with Crippen molar-refractivity contribution >= 4 is 22.8 Å². The summed E-state index contributed by atoms with van der Waals surface area (Å²) >= 11 is 1.15. The number of benzene rings is 1. The van der Waals surface area contributed by atoms with Crippen LogP contribution < -0.4 is 0 Å². The average Bonchev–Trinajstić information content (AvgIpc) is 2.36. The lowest BCUT2D eigenvalue weighted by atomic mass is 10.2. The van der Waals surface area contributed by atoms with Gasteiger partial charge in [-0.3, -0.25) is 9.59 Å². The summed E-state index contributed by atoms with van der Waals surface area (Å²) in [4.78, 5) is 23.1. The van der Waals surface area contributed by atoms with E-state index < -0.39 is 0 Å². The Kier molecular flexibility index (Phi) is 5.77. The van der Waals surface area contributed by atoms with Crippen molar-refractivity contribution in [3.05, 3.63) is 35.9 Å². The number of carbonyl (C=O) groups excluding carboxylic acids is 2. The van der Waals surface area contributed by atoms with Gasteiger partial charge in [0.25, 0.3) is 0 Å². The monoisotopic (exact) mass is 252 g/mol. The fourth-order valence-electron chi connectivity index (χ4n) is 1.21. The van der Waals surface area contributed by atoms with Crippen LogP contribution in [0.1, 0.15) is 24.2 Å². The van der Waals surface area contributed by atoms with Crippen molar-refractivity contribution in [2.45, 2.75) is 13.8 Å². The van der Waals surface area contributed by atoms with Crippen molar-refractivity contribution in [2.75, 3.05) is 12.4 Å². The van der Waals surface area contributed by atoms with Crippen molar-refractivity contribution < 1.29 is 14.3 Å². The minimum Gasteiger partial charge on any atom is -0.466 e. The smallest absolute Gasteiger partial charge is 0.309 e. The fourth-order valence-corrected chi connectivity index (χ4v) is 2.05. The van der Waals surface area contributed by atoms with Gasteiger partial charge in [-0.15, -0.1) is 0 Å². The van der Waals surface area contributed by atoms with Crippen LogP contribution in [0, 0.1) is 5.92 Å². The number of carbonyl (C=O) groups is 2. The second kappa shape index (κ2) is 7.12. The Labute approximate surface area is 106 Å². The van der Waals surface area contributed by atoms with Gasteiger partial charge in [-0.2, -0.15) is 0 Å². The molecule has 0 bridgehead atoms. The standard InChI is InChI=1S/C13H16O3S/c1-3-16-12(14)10(2)9-17-13(15)11-7-5-4-6-8-11/h4-8,10H,3,9H2,1-2H3. The highest BCUT2D eigenvalue weighted by Gasteiger charge is 2.16. The predicted octanol–water partition coefficient (Wildman–Crippen LogP) is 2.76. The maximum atomic E-state index is 11.7. The summed E-state index contributed by atoms with van der Waals surface area (Å²) in [5.41, 5.74) is 0.661. The first kappa shape index (κ1) is 13.8. The molecule has 0 fully saturated rings. The molecular formula is C13H16O3S. The summed E-state index contributed by atoms with van der Waals surface area (Å²) in [7, 11) is 0. The molecule has 0 N–H and O–H groups in total. The van der Waals surface area contributed by atoms with Crippen LogP contribution >= 0.6 is 11.8 Å². The molecule has 0 radical (unpaired) electrons. The maximum absolute atomic E-state index is 11.7. The number of rotatable bonds is 5. The highest BCUT2D eigenvalue weighted by atomic mass is 32.2. The molecule has 0 saturated carbocycles. The lowest BCUT2D eigenvalue weighted by Crippen LogP contribution is -2.17. The molecule has 0 saturated heterocycles. The van der Waals surface area contributed by atoms with E-state index in [9.17, 15) is 9.59 Å². The number of esters is 1. The summed E-state index contributed by atoms with van der Waals surface area (Å²) in [5, 5.41) is -0.0123. The Balaban J connectivity index is 2.41. The molecule has 1 rings (SSSR count).